The van der Waals surface area contributed by atoms with E-state index in [1.54, 1.807) is 18.9 Å². The second-order valence-corrected chi connectivity index (χ2v) is 5.04. The fourth-order valence-corrected chi connectivity index (χ4v) is 2.56. The Hall–Kier alpha value is -1.68. The minimum Gasteiger partial charge on any atom is -0.497 e. The zero-order valence-corrected chi connectivity index (χ0v) is 10.9. The molecule has 2 aromatic rings. The van der Waals surface area contributed by atoms with Gasteiger partial charge in [0.25, 0.3) is 0 Å². The highest BCUT2D eigenvalue weighted by Crippen LogP contribution is 2.26. The molecular formula is C14H14O3S. The van der Waals surface area contributed by atoms with Crippen molar-refractivity contribution in [1.29, 1.82) is 0 Å². The monoisotopic (exact) mass is 262 g/mol. The summed E-state index contributed by atoms with van der Waals surface area (Å²) in [5, 5.41) is 10.9. The van der Waals surface area contributed by atoms with Crippen LogP contribution in [0.2, 0.25) is 0 Å². The van der Waals surface area contributed by atoms with E-state index in [-0.39, 0.29) is 6.42 Å². The summed E-state index contributed by atoms with van der Waals surface area (Å²) in [6.45, 7) is 0. The summed E-state index contributed by atoms with van der Waals surface area (Å²) in [7, 11) is 1.65. The average Bonchev–Trinajstić information content (AvgIpc) is 2.37. The molecule has 0 aromatic heterocycles. The number of benzene rings is 2. The van der Waals surface area contributed by atoms with E-state index in [4.69, 9.17) is 9.84 Å². The smallest absolute Gasteiger partial charge is 0.304 e. The van der Waals surface area contributed by atoms with Gasteiger partial charge in [-0.15, -0.1) is 11.8 Å². The van der Waals surface area contributed by atoms with Gasteiger partial charge < -0.3 is 9.84 Å². The molecule has 0 atom stereocenters. The number of carbonyl (C=O) groups is 1. The van der Waals surface area contributed by atoms with Gasteiger partial charge in [-0.3, -0.25) is 4.79 Å². The van der Waals surface area contributed by atoms with E-state index in [0.29, 0.717) is 5.75 Å². The third kappa shape index (κ3) is 3.17. The summed E-state index contributed by atoms with van der Waals surface area (Å²) in [6, 6.07) is 12.0. The highest BCUT2D eigenvalue weighted by atomic mass is 32.2. The maximum absolute atomic E-state index is 10.4. The van der Waals surface area contributed by atoms with Gasteiger partial charge in [-0.05, 0) is 35.0 Å². The molecule has 0 aliphatic rings. The van der Waals surface area contributed by atoms with Crippen molar-refractivity contribution < 1.29 is 14.6 Å². The molecule has 0 saturated heterocycles. The summed E-state index contributed by atoms with van der Waals surface area (Å²) in [5.74, 6) is 0.679. The summed E-state index contributed by atoms with van der Waals surface area (Å²) >= 11 is 1.56. The van der Waals surface area contributed by atoms with Crippen LogP contribution in [0, 0.1) is 0 Å². The predicted molar refractivity (Wildman–Crippen MR) is 73.5 cm³/mol. The summed E-state index contributed by atoms with van der Waals surface area (Å²) in [5.41, 5.74) is 0. The van der Waals surface area contributed by atoms with E-state index in [1.807, 2.05) is 30.3 Å². The van der Waals surface area contributed by atoms with Crippen molar-refractivity contribution in [1.82, 2.24) is 0 Å². The van der Waals surface area contributed by atoms with Crippen LogP contribution in [0.5, 0.6) is 5.75 Å². The first-order valence-corrected chi connectivity index (χ1v) is 6.60. The van der Waals surface area contributed by atoms with Crippen LogP contribution in [0.15, 0.2) is 41.3 Å². The number of hydrogen-bond donors (Lipinski definition) is 1. The molecule has 0 spiro atoms. The Kier molecular flexibility index (Phi) is 4.10. The van der Waals surface area contributed by atoms with Crippen molar-refractivity contribution in [3.63, 3.8) is 0 Å². The molecule has 0 heterocycles. The Bertz CT molecular complexity index is 566. The maximum Gasteiger partial charge on any atom is 0.304 e. The van der Waals surface area contributed by atoms with Gasteiger partial charge in [-0.2, -0.15) is 0 Å². The lowest BCUT2D eigenvalue weighted by Gasteiger charge is -2.05. The minimum atomic E-state index is -0.756. The Morgan fingerprint density at radius 3 is 2.67 bits per heavy atom. The molecule has 0 aliphatic carbocycles. The molecular weight excluding hydrogens is 248 g/mol. The molecule has 0 bridgehead atoms. The zero-order chi connectivity index (χ0) is 13.0. The standard InChI is InChI=1S/C14H14O3S/c1-17-12-4-2-11-9-13(5-3-10(11)8-12)18-7-6-14(15)16/h2-5,8-9H,6-7H2,1H3,(H,15,16). The fraction of sp³-hybridized carbons (Fsp3) is 0.214. The number of hydrogen-bond acceptors (Lipinski definition) is 3. The van der Waals surface area contributed by atoms with E-state index in [1.165, 1.54) is 0 Å². The van der Waals surface area contributed by atoms with Crippen molar-refractivity contribution >= 4 is 28.5 Å². The molecule has 0 fully saturated rings. The quantitative estimate of drug-likeness (QED) is 0.839. The van der Waals surface area contributed by atoms with Gasteiger partial charge in [-0.1, -0.05) is 12.1 Å². The van der Waals surface area contributed by atoms with Crippen molar-refractivity contribution in [3.05, 3.63) is 36.4 Å². The Morgan fingerprint density at radius 1 is 1.22 bits per heavy atom. The van der Waals surface area contributed by atoms with Gasteiger partial charge >= 0.3 is 5.97 Å². The molecule has 0 amide bonds. The van der Waals surface area contributed by atoms with Crippen LogP contribution in [-0.4, -0.2) is 23.9 Å². The van der Waals surface area contributed by atoms with Crippen molar-refractivity contribution in [2.24, 2.45) is 0 Å². The normalized spacial score (nSPS) is 10.5. The molecule has 0 unspecified atom stereocenters. The number of carboxylic acid groups (broad SMARTS) is 1. The number of methoxy groups -OCH3 is 1. The van der Waals surface area contributed by atoms with Crippen LogP contribution < -0.4 is 4.74 Å². The highest BCUT2D eigenvalue weighted by Gasteiger charge is 2.01. The van der Waals surface area contributed by atoms with Gasteiger partial charge in [0.1, 0.15) is 5.75 Å². The molecule has 94 valence electrons. The molecule has 0 saturated carbocycles. The van der Waals surface area contributed by atoms with E-state index in [9.17, 15) is 4.79 Å². The first-order valence-electron chi connectivity index (χ1n) is 5.61. The van der Waals surface area contributed by atoms with Crippen molar-refractivity contribution in [3.8, 4) is 5.75 Å². The van der Waals surface area contributed by atoms with Gasteiger partial charge in [0.2, 0.25) is 0 Å². The Balaban J connectivity index is 2.15. The van der Waals surface area contributed by atoms with Crippen LogP contribution in [0.25, 0.3) is 10.8 Å². The lowest BCUT2D eigenvalue weighted by molar-refractivity contribution is -0.136. The molecule has 18 heavy (non-hydrogen) atoms. The number of thioether (sulfide) groups is 1. The van der Waals surface area contributed by atoms with Crippen LogP contribution in [0.3, 0.4) is 0 Å². The number of aliphatic carboxylic acids is 1. The van der Waals surface area contributed by atoms with Crippen molar-refractivity contribution in [2.75, 3.05) is 12.9 Å². The topological polar surface area (TPSA) is 46.5 Å². The molecule has 3 nitrogen and oxygen atoms in total. The largest absolute Gasteiger partial charge is 0.497 e. The van der Waals surface area contributed by atoms with Gasteiger partial charge in [0.15, 0.2) is 0 Å². The van der Waals surface area contributed by atoms with Gasteiger partial charge in [-0.25, -0.2) is 0 Å². The Labute approximate surface area is 110 Å². The second-order valence-electron chi connectivity index (χ2n) is 3.87. The number of carboxylic acids is 1. The molecule has 1 N–H and O–H groups in total. The molecule has 0 aliphatic heterocycles. The summed E-state index contributed by atoms with van der Waals surface area (Å²) in [4.78, 5) is 11.5. The van der Waals surface area contributed by atoms with Crippen LogP contribution >= 0.6 is 11.8 Å². The predicted octanol–water partition coefficient (Wildman–Crippen LogP) is 3.42. The first-order chi connectivity index (χ1) is 8.69. The maximum atomic E-state index is 10.4. The molecule has 0 radical (unpaired) electrons. The van der Waals surface area contributed by atoms with Gasteiger partial charge in [0.05, 0.1) is 13.5 Å². The van der Waals surface area contributed by atoms with E-state index in [2.05, 4.69) is 6.07 Å². The van der Waals surface area contributed by atoms with Crippen LogP contribution in [0.1, 0.15) is 6.42 Å². The second kappa shape index (κ2) is 5.78. The third-order valence-corrected chi connectivity index (χ3v) is 3.60. The molecule has 2 rings (SSSR count). The summed E-state index contributed by atoms with van der Waals surface area (Å²) < 4.78 is 5.17. The minimum absolute atomic E-state index is 0.186. The average molecular weight is 262 g/mol. The number of rotatable bonds is 5. The van der Waals surface area contributed by atoms with E-state index < -0.39 is 5.97 Å². The Morgan fingerprint density at radius 2 is 1.94 bits per heavy atom. The van der Waals surface area contributed by atoms with E-state index >= 15 is 0 Å². The first kappa shape index (κ1) is 12.8. The summed E-state index contributed by atoms with van der Waals surface area (Å²) in [6.07, 6.45) is 0.186. The lowest BCUT2D eigenvalue weighted by Crippen LogP contribution is -1.95. The van der Waals surface area contributed by atoms with Crippen LogP contribution in [0.4, 0.5) is 0 Å². The van der Waals surface area contributed by atoms with E-state index in [0.717, 1.165) is 21.4 Å². The van der Waals surface area contributed by atoms with Crippen LogP contribution in [-0.2, 0) is 4.79 Å². The SMILES string of the molecule is COc1ccc2cc(SCCC(=O)O)ccc2c1. The number of fused-ring (bicyclic) bond motifs is 1. The van der Waals surface area contributed by atoms with Gasteiger partial charge in [0, 0.05) is 10.6 Å². The zero-order valence-electron chi connectivity index (χ0n) is 10.1. The fourth-order valence-electron chi connectivity index (χ4n) is 1.67. The lowest BCUT2D eigenvalue weighted by atomic mass is 10.1. The number of ether oxygens (including phenoxy) is 1. The highest BCUT2D eigenvalue weighted by molar-refractivity contribution is 7.99. The van der Waals surface area contributed by atoms with Crippen molar-refractivity contribution in [2.45, 2.75) is 11.3 Å². The third-order valence-electron chi connectivity index (χ3n) is 2.60. The molecule has 2 aromatic carbocycles. The molecule has 4 heteroatoms.